The minimum Gasteiger partial charge on any atom is -0.465 e. The maximum Gasteiger partial charge on any atom is 0.323 e. The molecule has 1 aliphatic rings. The molecule has 0 N–H and O–H groups in total. The summed E-state index contributed by atoms with van der Waals surface area (Å²) in [6.07, 6.45) is 2.72. The molecule has 0 saturated heterocycles. The fourth-order valence-corrected chi connectivity index (χ4v) is 2.66. The lowest BCUT2D eigenvalue weighted by molar-refractivity contribution is -0.172. The summed E-state index contributed by atoms with van der Waals surface area (Å²) in [6.45, 7) is 9.80. The third-order valence-corrected chi connectivity index (χ3v) is 3.62. The van der Waals surface area contributed by atoms with Crippen LogP contribution in [0.2, 0.25) is 0 Å². The van der Waals surface area contributed by atoms with Gasteiger partial charge in [0.25, 0.3) is 0 Å². The van der Waals surface area contributed by atoms with Gasteiger partial charge >= 0.3 is 11.9 Å². The predicted molar refractivity (Wildman–Crippen MR) is 67.8 cm³/mol. The van der Waals surface area contributed by atoms with Crippen molar-refractivity contribution in [1.82, 2.24) is 0 Å². The second-order valence-electron chi connectivity index (χ2n) is 4.81. The molecule has 0 aromatic carbocycles. The third kappa shape index (κ3) is 2.57. The lowest BCUT2D eigenvalue weighted by Crippen LogP contribution is -2.40. The van der Waals surface area contributed by atoms with Crippen LogP contribution < -0.4 is 0 Å². The average molecular weight is 254 g/mol. The van der Waals surface area contributed by atoms with Gasteiger partial charge in [-0.05, 0) is 38.5 Å². The Kier molecular flexibility index (Phi) is 4.93. The fourth-order valence-electron chi connectivity index (χ4n) is 2.66. The van der Waals surface area contributed by atoms with E-state index in [4.69, 9.17) is 9.47 Å². The van der Waals surface area contributed by atoms with Crippen LogP contribution in [0.3, 0.4) is 0 Å². The Morgan fingerprint density at radius 3 is 2.06 bits per heavy atom. The third-order valence-electron chi connectivity index (χ3n) is 3.62. The zero-order chi connectivity index (χ0) is 13.8. The molecule has 2 atom stereocenters. The van der Waals surface area contributed by atoms with Crippen LogP contribution in [-0.2, 0) is 19.1 Å². The number of hydrogen-bond acceptors (Lipinski definition) is 4. The van der Waals surface area contributed by atoms with Crippen molar-refractivity contribution >= 4 is 11.9 Å². The van der Waals surface area contributed by atoms with Gasteiger partial charge < -0.3 is 9.47 Å². The molecule has 0 aliphatic heterocycles. The zero-order valence-corrected chi connectivity index (χ0v) is 11.4. The summed E-state index contributed by atoms with van der Waals surface area (Å²) >= 11 is 0. The second-order valence-corrected chi connectivity index (χ2v) is 4.81. The summed E-state index contributed by atoms with van der Waals surface area (Å²) in [7, 11) is 0. The topological polar surface area (TPSA) is 52.6 Å². The Balaban J connectivity index is 3.00. The number of ether oxygens (including phenoxy) is 2. The van der Waals surface area contributed by atoms with Crippen molar-refractivity contribution in [2.24, 2.45) is 17.3 Å². The molecule has 0 spiro atoms. The van der Waals surface area contributed by atoms with E-state index in [1.54, 1.807) is 13.8 Å². The van der Waals surface area contributed by atoms with Crippen LogP contribution in [0.15, 0.2) is 12.7 Å². The highest BCUT2D eigenvalue weighted by molar-refractivity contribution is 6.00. The van der Waals surface area contributed by atoms with Crippen molar-refractivity contribution in [1.29, 1.82) is 0 Å². The predicted octanol–water partition coefficient (Wildman–Crippen LogP) is 2.33. The molecular weight excluding hydrogens is 232 g/mol. The van der Waals surface area contributed by atoms with Crippen LogP contribution in [0.1, 0.15) is 33.6 Å². The molecule has 0 radical (unpaired) electrons. The van der Waals surface area contributed by atoms with Crippen LogP contribution in [0, 0.1) is 17.3 Å². The van der Waals surface area contributed by atoms with E-state index in [1.165, 1.54) is 0 Å². The normalized spacial score (nSPS) is 25.5. The van der Waals surface area contributed by atoms with Crippen LogP contribution in [0.4, 0.5) is 0 Å². The van der Waals surface area contributed by atoms with E-state index in [1.807, 2.05) is 13.0 Å². The van der Waals surface area contributed by atoms with Crippen LogP contribution in [-0.4, -0.2) is 25.2 Å². The lowest BCUT2D eigenvalue weighted by atomic mass is 9.85. The van der Waals surface area contributed by atoms with E-state index in [-0.39, 0.29) is 25.0 Å². The minimum absolute atomic E-state index is 0.152. The Hall–Kier alpha value is -1.32. The van der Waals surface area contributed by atoms with Crippen molar-refractivity contribution in [2.45, 2.75) is 33.6 Å². The van der Waals surface area contributed by atoms with Gasteiger partial charge in [-0.2, -0.15) is 0 Å². The first-order chi connectivity index (χ1) is 8.51. The van der Waals surface area contributed by atoms with Gasteiger partial charge in [-0.15, -0.1) is 6.58 Å². The molecular formula is C14H22O4. The molecule has 2 unspecified atom stereocenters. The molecule has 1 saturated carbocycles. The van der Waals surface area contributed by atoms with E-state index in [0.29, 0.717) is 12.8 Å². The Labute approximate surface area is 108 Å². The molecule has 18 heavy (non-hydrogen) atoms. The van der Waals surface area contributed by atoms with Gasteiger partial charge in [0, 0.05) is 0 Å². The summed E-state index contributed by atoms with van der Waals surface area (Å²) in [5.74, 6) is -0.533. The highest BCUT2D eigenvalue weighted by Gasteiger charge is 2.55. The van der Waals surface area contributed by atoms with Crippen LogP contribution in [0.5, 0.6) is 0 Å². The smallest absolute Gasteiger partial charge is 0.323 e. The average Bonchev–Trinajstić information content (AvgIpc) is 2.68. The largest absolute Gasteiger partial charge is 0.465 e. The van der Waals surface area contributed by atoms with Gasteiger partial charge in [0.2, 0.25) is 0 Å². The number of esters is 2. The summed E-state index contributed by atoms with van der Waals surface area (Å²) in [5, 5.41) is 0. The van der Waals surface area contributed by atoms with Gasteiger partial charge in [-0.3, -0.25) is 9.59 Å². The quantitative estimate of drug-likeness (QED) is 0.429. The van der Waals surface area contributed by atoms with Gasteiger partial charge in [0.15, 0.2) is 5.41 Å². The maximum absolute atomic E-state index is 12.1. The first-order valence-corrected chi connectivity index (χ1v) is 6.48. The molecule has 0 bridgehead atoms. The molecule has 0 aromatic rings. The molecule has 0 amide bonds. The van der Waals surface area contributed by atoms with E-state index in [2.05, 4.69) is 6.58 Å². The number of allylic oxidation sites excluding steroid dienone is 1. The summed E-state index contributed by atoms with van der Waals surface area (Å²) in [5.41, 5.74) is -1.13. The highest BCUT2D eigenvalue weighted by Crippen LogP contribution is 2.47. The van der Waals surface area contributed by atoms with Crippen LogP contribution in [0.25, 0.3) is 0 Å². The second kappa shape index (κ2) is 6.03. The Bertz CT molecular complexity index is 317. The van der Waals surface area contributed by atoms with E-state index in [0.717, 1.165) is 0 Å². The Morgan fingerprint density at radius 2 is 1.72 bits per heavy atom. The summed E-state index contributed by atoms with van der Waals surface area (Å²) < 4.78 is 10.1. The van der Waals surface area contributed by atoms with E-state index in [9.17, 15) is 9.59 Å². The minimum atomic E-state index is -1.13. The fraction of sp³-hybridized carbons (Fsp3) is 0.714. The summed E-state index contributed by atoms with van der Waals surface area (Å²) in [6, 6.07) is 0. The molecule has 0 aromatic heterocycles. The van der Waals surface area contributed by atoms with Gasteiger partial charge in [0.1, 0.15) is 0 Å². The van der Waals surface area contributed by atoms with Gasteiger partial charge in [-0.1, -0.05) is 13.0 Å². The molecule has 4 heteroatoms. The van der Waals surface area contributed by atoms with Crippen molar-refractivity contribution in [3.8, 4) is 0 Å². The van der Waals surface area contributed by atoms with Crippen molar-refractivity contribution in [3.05, 3.63) is 12.7 Å². The molecule has 1 rings (SSSR count). The van der Waals surface area contributed by atoms with Crippen LogP contribution >= 0.6 is 0 Å². The van der Waals surface area contributed by atoms with E-state index >= 15 is 0 Å². The summed E-state index contributed by atoms with van der Waals surface area (Å²) in [4.78, 5) is 24.3. The number of hydrogen-bond donors (Lipinski definition) is 0. The van der Waals surface area contributed by atoms with Crippen molar-refractivity contribution < 1.29 is 19.1 Å². The van der Waals surface area contributed by atoms with Gasteiger partial charge in [-0.25, -0.2) is 0 Å². The SMILES string of the molecule is C=CC1CC(C(=O)OCC)(C(=O)OCC)CC1C. The number of carbonyl (C=O) groups excluding carboxylic acids is 2. The zero-order valence-electron chi connectivity index (χ0n) is 11.4. The molecule has 1 fully saturated rings. The molecule has 0 heterocycles. The standard InChI is InChI=1S/C14H22O4/c1-5-11-9-14(8-10(11)4,12(15)17-6-2)13(16)18-7-3/h5,10-11H,1,6-9H2,2-4H3. The Morgan fingerprint density at radius 1 is 1.22 bits per heavy atom. The first-order valence-electron chi connectivity index (χ1n) is 6.48. The number of carbonyl (C=O) groups is 2. The first kappa shape index (κ1) is 14.7. The molecule has 102 valence electrons. The van der Waals surface area contributed by atoms with Crippen molar-refractivity contribution in [3.63, 3.8) is 0 Å². The molecule has 4 nitrogen and oxygen atoms in total. The lowest BCUT2D eigenvalue weighted by Gasteiger charge is -2.24. The van der Waals surface area contributed by atoms with E-state index < -0.39 is 17.4 Å². The monoisotopic (exact) mass is 254 g/mol. The molecule has 1 aliphatic carbocycles. The maximum atomic E-state index is 12.1. The van der Waals surface area contributed by atoms with Crippen molar-refractivity contribution in [2.75, 3.05) is 13.2 Å². The highest BCUT2D eigenvalue weighted by atomic mass is 16.6. The number of rotatable bonds is 5. The van der Waals surface area contributed by atoms with Gasteiger partial charge in [0.05, 0.1) is 13.2 Å².